The first-order valence-electron chi connectivity index (χ1n) is 10.8. The number of nitrogens with zero attached hydrogens (tertiary/aromatic N) is 5. The number of fused-ring (bicyclic) bond motifs is 1. The Morgan fingerprint density at radius 2 is 1.74 bits per heavy atom. The number of methoxy groups -OCH3 is 1. The normalized spacial score (nSPS) is 15.8. The Labute approximate surface area is 217 Å². The number of carbonyl (C=O) groups excluding carboxylic acids is 1. The lowest BCUT2D eigenvalue weighted by Gasteiger charge is -2.29. The van der Waals surface area contributed by atoms with E-state index in [1.54, 1.807) is 0 Å². The molecule has 7 nitrogen and oxygen atoms in total. The first-order chi connectivity index (χ1) is 17.5. The van der Waals surface area contributed by atoms with Crippen LogP contribution < -0.4 is 14.5 Å². The van der Waals surface area contributed by atoms with Gasteiger partial charge in [-0.3, -0.25) is 9.69 Å². The molecule has 0 unspecified atom stereocenters. The van der Waals surface area contributed by atoms with Gasteiger partial charge in [0, 0.05) is 12.6 Å². The number of alkyl halides is 5. The molecule has 14 heteroatoms. The highest BCUT2D eigenvalue weighted by atomic mass is 32.1. The summed E-state index contributed by atoms with van der Waals surface area (Å²) in [6.45, 7) is 3.39. The molecule has 0 saturated carbocycles. The smallest absolute Gasteiger partial charge is 0.417 e. The largest absolute Gasteiger partial charge is 0.480 e. The number of ether oxygens (including phenoxy) is 1. The van der Waals surface area contributed by atoms with E-state index in [0.717, 1.165) is 30.2 Å². The quantitative estimate of drug-likeness (QED) is 0.303. The van der Waals surface area contributed by atoms with Crippen LogP contribution in [0.25, 0.3) is 10.9 Å². The topological polar surface area (TPSA) is 82.3 Å². The zero-order valence-electron chi connectivity index (χ0n) is 20.1. The molecule has 198 valence electrons. The Bertz CT molecular complexity index is 1540. The second kappa shape index (κ2) is 8.80. The maximum atomic E-state index is 15.2. The molecule has 1 aromatic heterocycles. The molecule has 3 aromatic rings. The second-order valence-corrected chi connectivity index (χ2v) is 9.29. The van der Waals surface area contributed by atoms with Gasteiger partial charge in [0.25, 0.3) is 5.91 Å². The first-order valence-corrected chi connectivity index (χ1v) is 11.2. The minimum absolute atomic E-state index is 0.0246. The number of hydrogen-bond donors (Lipinski definition) is 0. The number of benzene rings is 2. The van der Waals surface area contributed by atoms with Crippen molar-refractivity contribution in [2.45, 2.75) is 38.4 Å². The van der Waals surface area contributed by atoms with E-state index in [9.17, 15) is 26.7 Å². The van der Waals surface area contributed by atoms with Crippen LogP contribution in [0, 0.1) is 17.1 Å². The van der Waals surface area contributed by atoms with Crippen molar-refractivity contribution in [3.63, 3.8) is 0 Å². The Balaban J connectivity index is 1.88. The number of hydrogen-bond acceptors (Lipinski definition) is 6. The molecule has 2 heterocycles. The minimum Gasteiger partial charge on any atom is -0.480 e. The maximum absolute atomic E-state index is 15.2. The summed E-state index contributed by atoms with van der Waals surface area (Å²) in [5, 5.41) is 8.69. The van der Waals surface area contributed by atoms with Crippen LogP contribution in [0.4, 0.5) is 37.7 Å². The van der Waals surface area contributed by atoms with Crippen LogP contribution in [-0.2, 0) is 16.9 Å². The SMILES string of the molecule is COc1nc(C(C)(F)F)nc2c(F)cc(N3C(=S)N(c4ccc(C#N)c(C(F)(F)F)c4)C(=O)C3(C)C)cc12. The van der Waals surface area contributed by atoms with E-state index in [2.05, 4.69) is 9.97 Å². The third-order valence-electron chi connectivity index (χ3n) is 5.90. The third-order valence-corrected chi connectivity index (χ3v) is 6.27. The van der Waals surface area contributed by atoms with Gasteiger partial charge in [0.15, 0.2) is 10.9 Å². The molecular weight excluding hydrogens is 536 g/mol. The summed E-state index contributed by atoms with van der Waals surface area (Å²) in [6.07, 6.45) is -4.88. The fourth-order valence-electron chi connectivity index (χ4n) is 4.09. The Morgan fingerprint density at radius 1 is 1.08 bits per heavy atom. The molecule has 1 amide bonds. The van der Waals surface area contributed by atoms with Crippen molar-refractivity contribution in [1.82, 2.24) is 9.97 Å². The van der Waals surface area contributed by atoms with Gasteiger partial charge in [0.2, 0.25) is 11.7 Å². The molecular formula is C24H17F6N5O2S. The van der Waals surface area contributed by atoms with Crippen LogP contribution in [0.2, 0.25) is 0 Å². The standard InChI is InChI=1S/C24H17F6N5O2S/c1-22(2)20(36)34(12-6-5-11(10-31)15(8-12)24(28,29)30)21(38)35(22)13-7-14-17(16(25)9-13)32-19(23(3,26)27)33-18(14)37-4/h5-9H,1-4H3. The van der Waals surface area contributed by atoms with Crippen LogP contribution >= 0.6 is 12.2 Å². The van der Waals surface area contributed by atoms with Gasteiger partial charge < -0.3 is 9.64 Å². The highest BCUT2D eigenvalue weighted by molar-refractivity contribution is 7.81. The summed E-state index contributed by atoms with van der Waals surface area (Å²) < 4.78 is 88.6. The van der Waals surface area contributed by atoms with Crippen molar-refractivity contribution in [3.05, 3.63) is 53.1 Å². The fourth-order valence-corrected chi connectivity index (χ4v) is 4.61. The van der Waals surface area contributed by atoms with Gasteiger partial charge in [0.05, 0.1) is 35.4 Å². The molecule has 1 aliphatic rings. The molecule has 0 spiro atoms. The number of carbonyl (C=O) groups is 1. The number of halogens is 6. The molecule has 0 bridgehead atoms. The number of rotatable bonds is 4. The van der Waals surface area contributed by atoms with Gasteiger partial charge in [-0.2, -0.15) is 32.2 Å². The van der Waals surface area contributed by atoms with Crippen molar-refractivity contribution < 1.29 is 35.9 Å². The predicted molar refractivity (Wildman–Crippen MR) is 128 cm³/mol. The lowest BCUT2D eigenvalue weighted by atomic mass is 10.0. The van der Waals surface area contributed by atoms with E-state index in [0.29, 0.717) is 13.0 Å². The summed E-state index contributed by atoms with van der Waals surface area (Å²) in [7, 11) is 1.14. The highest BCUT2D eigenvalue weighted by Gasteiger charge is 2.51. The first kappa shape index (κ1) is 27.1. The zero-order chi connectivity index (χ0) is 28.4. The maximum Gasteiger partial charge on any atom is 0.417 e. The van der Waals surface area contributed by atoms with Crippen molar-refractivity contribution in [1.29, 1.82) is 5.26 Å². The van der Waals surface area contributed by atoms with Crippen molar-refractivity contribution >= 4 is 45.5 Å². The van der Waals surface area contributed by atoms with E-state index in [4.69, 9.17) is 22.2 Å². The lowest BCUT2D eigenvalue weighted by Crippen LogP contribution is -2.44. The highest BCUT2D eigenvalue weighted by Crippen LogP contribution is 2.41. The van der Waals surface area contributed by atoms with E-state index in [1.807, 2.05) is 0 Å². The van der Waals surface area contributed by atoms with Crippen LogP contribution in [0.15, 0.2) is 30.3 Å². The Hall–Kier alpha value is -3.99. The van der Waals surface area contributed by atoms with Gasteiger partial charge in [0.1, 0.15) is 11.1 Å². The number of thiocarbonyl (C=S) groups is 1. The van der Waals surface area contributed by atoms with Crippen LogP contribution in [0.3, 0.4) is 0 Å². The van der Waals surface area contributed by atoms with E-state index >= 15 is 4.39 Å². The molecule has 4 rings (SSSR count). The average molecular weight is 553 g/mol. The van der Waals surface area contributed by atoms with Gasteiger partial charge in [-0.05, 0) is 56.4 Å². The molecule has 0 N–H and O–H groups in total. The fraction of sp³-hybridized carbons (Fsp3) is 0.292. The summed E-state index contributed by atoms with van der Waals surface area (Å²) >= 11 is 5.45. The van der Waals surface area contributed by atoms with Crippen LogP contribution in [0.5, 0.6) is 5.88 Å². The third kappa shape index (κ3) is 4.26. The minimum atomic E-state index is -4.88. The number of amides is 1. The number of aromatic nitrogens is 2. The summed E-state index contributed by atoms with van der Waals surface area (Å²) in [6, 6.07) is 6.34. The summed E-state index contributed by atoms with van der Waals surface area (Å²) in [4.78, 5) is 22.7. The average Bonchev–Trinajstić information content (AvgIpc) is 3.00. The van der Waals surface area contributed by atoms with Crippen molar-refractivity contribution in [3.8, 4) is 11.9 Å². The van der Waals surface area contributed by atoms with Gasteiger partial charge in [-0.1, -0.05) is 0 Å². The summed E-state index contributed by atoms with van der Waals surface area (Å²) in [5.41, 5.74) is -4.16. The van der Waals surface area contributed by atoms with Crippen LogP contribution in [0.1, 0.15) is 37.7 Å². The Morgan fingerprint density at radius 3 is 2.29 bits per heavy atom. The zero-order valence-corrected chi connectivity index (χ0v) is 20.9. The van der Waals surface area contributed by atoms with E-state index < -0.39 is 51.8 Å². The molecule has 2 aromatic carbocycles. The number of nitriles is 1. The predicted octanol–water partition coefficient (Wildman–Crippen LogP) is 5.70. The van der Waals surface area contributed by atoms with E-state index in [-0.39, 0.29) is 27.8 Å². The lowest BCUT2D eigenvalue weighted by molar-refractivity contribution is -0.137. The molecule has 1 saturated heterocycles. The van der Waals surface area contributed by atoms with Crippen LogP contribution in [-0.4, -0.2) is 33.6 Å². The molecule has 1 fully saturated rings. The van der Waals surface area contributed by atoms with Gasteiger partial charge >= 0.3 is 12.1 Å². The Kier molecular flexibility index (Phi) is 6.26. The summed E-state index contributed by atoms with van der Waals surface area (Å²) in [5.74, 6) is -6.60. The molecule has 38 heavy (non-hydrogen) atoms. The van der Waals surface area contributed by atoms with Gasteiger partial charge in [-0.15, -0.1) is 0 Å². The van der Waals surface area contributed by atoms with Crippen molar-refractivity contribution in [2.75, 3.05) is 16.9 Å². The number of anilines is 2. The van der Waals surface area contributed by atoms with Crippen molar-refractivity contribution in [2.24, 2.45) is 0 Å². The van der Waals surface area contributed by atoms with Gasteiger partial charge in [-0.25, -0.2) is 9.37 Å². The molecule has 1 aliphatic heterocycles. The molecule has 0 radical (unpaired) electrons. The molecule has 0 atom stereocenters. The molecule has 0 aliphatic carbocycles. The van der Waals surface area contributed by atoms with E-state index in [1.165, 1.54) is 30.9 Å². The second-order valence-electron chi connectivity index (χ2n) is 8.93. The monoisotopic (exact) mass is 553 g/mol.